The summed E-state index contributed by atoms with van der Waals surface area (Å²) in [5.74, 6) is 0. The van der Waals surface area contributed by atoms with Crippen molar-refractivity contribution >= 4 is 10.0 Å². The maximum atomic E-state index is 12.7. The van der Waals surface area contributed by atoms with E-state index in [-0.39, 0.29) is 17.5 Å². The highest BCUT2D eigenvalue weighted by Crippen LogP contribution is 2.22. The minimum absolute atomic E-state index is 0.180. The van der Waals surface area contributed by atoms with Crippen molar-refractivity contribution in [2.75, 3.05) is 20.3 Å². The van der Waals surface area contributed by atoms with E-state index in [9.17, 15) is 8.42 Å². The van der Waals surface area contributed by atoms with Gasteiger partial charge < -0.3 is 4.74 Å². The molecule has 0 amide bonds. The van der Waals surface area contributed by atoms with Gasteiger partial charge in [0.1, 0.15) is 0 Å². The van der Waals surface area contributed by atoms with Crippen LogP contribution in [0.4, 0.5) is 0 Å². The quantitative estimate of drug-likeness (QED) is 0.804. The molecule has 1 aromatic rings. The van der Waals surface area contributed by atoms with Gasteiger partial charge in [0.2, 0.25) is 10.0 Å². The molecule has 1 rings (SSSR count). The molecule has 0 bridgehead atoms. The molecule has 0 N–H and O–H groups in total. The smallest absolute Gasteiger partial charge is 0.243 e. The van der Waals surface area contributed by atoms with Crippen LogP contribution < -0.4 is 0 Å². The Bertz CT molecular complexity index is 603. The normalized spacial score (nSPS) is 11.8. The Balaban J connectivity index is 3.29. The number of hydrogen-bond donors (Lipinski definition) is 0. The Kier molecular flexibility index (Phi) is 5.69. The molecule has 1 aromatic carbocycles. The number of aryl methyl sites for hydroxylation is 1. The van der Waals surface area contributed by atoms with E-state index in [0.717, 1.165) is 0 Å². The summed E-state index contributed by atoms with van der Waals surface area (Å²) in [5, 5.41) is 8.93. The Morgan fingerprint density at radius 3 is 2.55 bits per heavy atom. The van der Waals surface area contributed by atoms with Gasteiger partial charge >= 0.3 is 0 Å². The molecule has 0 aliphatic carbocycles. The summed E-state index contributed by atoms with van der Waals surface area (Å²) in [4.78, 5) is 0.182. The zero-order chi connectivity index (χ0) is 15.3. The molecule has 0 unspecified atom stereocenters. The van der Waals surface area contributed by atoms with E-state index < -0.39 is 10.0 Å². The molecule has 0 aliphatic heterocycles. The molecule has 0 spiro atoms. The third-order valence-electron chi connectivity index (χ3n) is 3.00. The maximum absolute atomic E-state index is 12.7. The van der Waals surface area contributed by atoms with Crippen molar-refractivity contribution < 1.29 is 13.2 Å². The van der Waals surface area contributed by atoms with Crippen LogP contribution >= 0.6 is 0 Å². The molecule has 0 aliphatic rings. The van der Waals surface area contributed by atoms with Crippen LogP contribution in [0.3, 0.4) is 0 Å². The molecule has 0 fully saturated rings. The van der Waals surface area contributed by atoms with Crippen LogP contribution in [0, 0.1) is 18.3 Å². The highest BCUT2D eigenvalue weighted by molar-refractivity contribution is 7.89. The first-order chi connectivity index (χ1) is 9.34. The average Bonchev–Trinajstić information content (AvgIpc) is 2.38. The van der Waals surface area contributed by atoms with Gasteiger partial charge in [-0.2, -0.15) is 9.57 Å². The van der Waals surface area contributed by atoms with E-state index in [1.54, 1.807) is 19.1 Å². The molecule has 20 heavy (non-hydrogen) atoms. The lowest BCUT2D eigenvalue weighted by Gasteiger charge is -2.26. The van der Waals surface area contributed by atoms with Crippen molar-refractivity contribution in [1.82, 2.24) is 4.31 Å². The standard InChI is InChI=1S/C14H20N2O3S/c1-11(2)16(7-8-19-4)20(17,18)14-9-13(10-15)6-5-12(14)3/h5-6,9,11H,7-8H2,1-4H3. The Hall–Kier alpha value is -1.42. The monoisotopic (exact) mass is 296 g/mol. The van der Waals surface area contributed by atoms with Gasteiger partial charge in [-0.05, 0) is 38.5 Å². The van der Waals surface area contributed by atoms with Crippen LogP contribution in [-0.2, 0) is 14.8 Å². The van der Waals surface area contributed by atoms with Crippen molar-refractivity contribution in [3.8, 4) is 6.07 Å². The second-order valence-corrected chi connectivity index (χ2v) is 6.65. The van der Waals surface area contributed by atoms with E-state index in [4.69, 9.17) is 10.00 Å². The van der Waals surface area contributed by atoms with Gasteiger partial charge in [0.25, 0.3) is 0 Å². The van der Waals surface area contributed by atoms with Gasteiger partial charge in [0.15, 0.2) is 0 Å². The third-order valence-corrected chi connectivity index (χ3v) is 5.21. The summed E-state index contributed by atoms with van der Waals surface area (Å²) in [6, 6.07) is 6.48. The molecular weight excluding hydrogens is 276 g/mol. The first-order valence-electron chi connectivity index (χ1n) is 6.36. The second-order valence-electron chi connectivity index (χ2n) is 4.79. The first kappa shape index (κ1) is 16.6. The molecule has 0 saturated heterocycles. The number of hydrogen-bond acceptors (Lipinski definition) is 4. The Morgan fingerprint density at radius 2 is 2.05 bits per heavy atom. The van der Waals surface area contributed by atoms with Gasteiger partial charge in [0, 0.05) is 19.7 Å². The summed E-state index contributed by atoms with van der Waals surface area (Å²) in [7, 11) is -2.10. The SMILES string of the molecule is COCCN(C(C)C)S(=O)(=O)c1cc(C#N)ccc1C. The van der Waals surface area contributed by atoms with Gasteiger partial charge in [-0.3, -0.25) is 0 Å². The van der Waals surface area contributed by atoms with E-state index in [2.05, 4.69) is 0 Å². The largest absolute Gasteiger partial charge is 0.383 e. The molecule has 0 saturated carbocycles. The van der Waals surface area contributed by atoms with Crippen LogP contribution in [0.2, 0.25) is 0 Å². The molecule has 6 heteroatoms. The number of rotatable bonds is 6. The van der Waals surface area contributed by atoms with E-state index in [1.165, 1.54) is 17.5 Å². The Labute approximate surface area is 120 Å². The predicted molar refractivity (Wildman–Crippen MR) is 76.8 cm³/mol. The summed E-state index contributed by atoms with van der Waals surface area (Å²) in [6.07, 6.45) is 0. The lowest BCUT2D eigenvalue weighted by atomic mass is 10.2. The van der Waals surface area contributed by atoms with Crippen LogP contribution in [0.25, 0.3) is 0 Å². The summed E-state index contributed by atoms with van der Waals surface area (Å²) >= 11 is 0. The molecule has 0 aromatic heterocycles. The number of sulfonamides is 1. The third kappa shape index (κ3) is 3.57. The molecule has 0 atom stereocenters. The van der Waals surface area contributed by atoms with Crippen molar-refractivity contribution in [2.45, 2.75) is 31.7 Å². The zero-order valence-electron chi connectivity index (χ0n) is 12.3. The van der Waals surface area contributed by atoms with Gasteiger partial charge in [-0.1, -0.05) is 6.07 Å². The van der Waals surface area contributed by atoms with Crippen LogP contribution in [-0.4, -0.2) is 39.0 Å². The van der Waals surface area contributed by atoms with Crippen LogP contribution in [0.5, 0.6) is 0 Å². The van der Waals surface area contributed by atoms with E-state index in [1.807, 2.05) is 19.9 Å². The van der Waals surface area contributed by atoms with E-state index in [0.29, 0.717) is 17.7 Å². The number of nitriles is 1. The molecule has 5 nitrogen and oxygen atoms in total. The summed E-state index contributed by atoms with van der Waals surface area (Å²) in [6.45, 7) is 5.97. The highest BCUT2D eigenvalue weighted by Gasteiger charge is 2.28. The van der Waals surface area contributed by atoms with Gasteiger partial charge in [-0.25, -0.2) is 8.42 Å². The zero-order valence-corrected chi connectivity index (χ0v) is 13.1. The summed E-state index contributed by atoms with van der Waals surface area (Å²) < 4.78 is 31.8. The molecule has 0 radical (unpaired) electrons. The van der Waals surface area contributed by atoms with Crippen molar-refractivity contribution in [2.24, 2.45) is 0 Å². The number of methoxy groups -OCH3 is 1. The number of benzene rings is 1. The van der Waals surface area contributed by atoms with E-state index >= 15 is 0 Å². The van der Waals surface area contributed by atoms with Crippen molar-refractivity contribution in [3.63, 3.8) is 0 Å². The van der Waals surface area contributed by atoms with Gasteiger partial charge in [0.05, 0.1) is 23.1 Å². The van der Waals surface area contributed by atoms with Crippen LogP contribution in [0.1, 0.15) is 25.0 Å². The lowest BCUT2D eigenvalue weighted by Crippen LogP contribution is -2.39. The minimum Gasteiger partial charge on any atom is -0.383 e. The predicted octanol–water partition coefficient (Wildman–Crippen LogP) is 1.91. The number of nitrogens with zero attached hydrogens (tertiary/aromatic N) is 2. The molecule has 110 valence electrons. The topological polar surface area (TPSA) is 70.4 Å². The summed E-state index contributed by atoms with van der Waals surface area (Å²) in [5.41, 5.74) is 0.969. The number of ether oxygens (including phenoxy) is 1. The first-order valence-corrected chi connectivity index (χ1v) is 7.80. The lowest BCUT2D eigenvalue weighted by molar-refractivity contribution is 0.171. The van der Waals surface area contributed by atoms with Crippen molar-refractivity contribution in [1.29, 1.82) is 5.26 Å². The Morgan fingerprint density at radius 1 is 1.40 bits per heavy atom. The average molecular weight is 296 g/mol. The minimum atomic E-state index is -3.63. The van der Waals surface area contributed by atoms with Gasteiger partial charge in [-0.15, -0.1) is 0 Å². The fourth-order valence-electron chi connectivity index (χ4n) is 1.91. The molecule has 0 heterocycles. The molecular formula is C14H20N2O3S. The van der Waals surface area contributed by atoms with Crippen molar-refractivity contribution in [3.05, 3.63) is 29.3 Å². The van der Waals surface area contributed by atoms with Crippen LogP contribution in [0.15, 0.2) is 23.1 Å². The fourth-order valence-corrected chi connectivity index (χ4v) is 3.78. The fraction of sp³-hybridized carbons (Fsp3) is 0.500. The second kappa shape index (κ2) is 6.84. The highest BCUT2D eigenvalue weighted by atomic mass is 32.2. The maximum Gasteiger partial charge on any atom is 0.243 e.